The number of pyridine rings is 2. The molecule has 33 heavy (non-hydrogen) atoms. The number of benzene rings is 2. The average molecular weight is 464 g/mol. The number of carbonyl (C=O) groups is 1. The molecule has 0 radical (unpaired) electrons. The number of aromatic nitrogens is 2. The minimum atomic E-state index is -0.946. The molecule has 1 atom stereocenters. The monoisotopic (exact) mass is 464 g/mol. The minimum Gasteiger partial charge on any atom is -0.487 e. The number of fused-ring (bicyclic) bond motifs is 3. The normalized spacial score (nSPS) is 14.7. The largest absolute Gasteiger partial charge is 0.487 e. The van der Waals surface area contributed by atoms with Crippen LogP contribution < -0.4 is 9.47 Å². The average Bonchev–Trinajstić information content (AvgIpc) is 2.95. The first-order valence-corrected chi connectivity index (χ1v) is 10.7. The summed E-state index contributed by atoms with van der Waals surface area (Å²) in [6, 6.07) is 14.8. The van der Waals surface area contributed by atoms with Crippen LogP contribution in [-0.4, -0.2) is 15.1 Å². The fraction of sp³-hybridized carbons (Fsp3) is 0.160. The molecule has 2 aromatic carbocycles. The van der Waals surface area contributed by atoms with Crippen LogP contribution in [0.3, 0.4) is 0 Å². The first-order valence-electron chi connectivity index (χ1n) is 10.3. The smallest absolute Gasteiger partial charge is 0.186 e. The number of carbonyl (C=O) groups excluding carboxylic acids is 1. The molecule has 0 aliphatic carbocycles. The zero-order valence-corrected chi connectivity index (χ0v) is 18.2. The molecule has 0 bridgehead atoms. The van der Waals surface area contributed by atoms with Crippen LogP contribution in [-0.2, 0) is 18.0 Å². The van der Waals surface area contributed by atoms with Gasteiger partial charge in [0, 0.05) is 35.6 Å². The Labute approximate surface area is 193 Å². The van der Waals surface area contributed by atoms with E-state index in [1.54, 1.807) is 30.5 Å². The summed E-state index contributed by atoms with van der Waals surface area (Å²) in [6.45, 7) is 0.432. The molecule has 5 nitrogen and oxygen atoms in total. The Balaban J connectivity index is 1.43. The van der Waals surface area contributed by atoms with E-state index in [-0.39, 0.29) is 24.1 Å². The molecule has 1 unspecified atom stereocenters. The van der Waals surface area contributed by atoms with Crippen LogP contribution in [0.25, 0.3) is 10.9 Å². The minimum absolute atomic E-state index is 0.128. The Morgan fingerprint density at radius 2 is 1.94 bits per heavy atom. The predicted octanol–water partition coefficient (Wildman–Crippen LogP) is 5.36. The molecule has 3 heterocycles. The molecule has 0 saturated carbocycles. The van der Waals surface area contributed by atoms with E-state index in [9.17, 15) is 13.6 Å². The summed E-state index contributed by atoms with van der Waals surface area (Å²) in [4.78, 5) is 20.7. The van der Waals surface area contributed by atoms with Crippen LogP contribution in [0.15, 0.2) is 60.8 Å². The lowest BCUT2D eigenvalue weighted by Crippen LogP contribution is -2.07. The maximum atomic E-state index is 13.6. The SMILES string of the molecule is O=C(S)CC1c2cc(OCc3ccc4cc(F)c(F)cc4n3)ccc2OCc2ncccc21. The highest BCUT2D eigenvalue weighted by Crippen LogP contribution is 2.41. The summed E-state index contributed by atoms with van der Waals surface area (Å²) in [5, 5.41) is 0.268. The summed E-state index contributed by atoms with van der Waals surface area (Å²) in [5.41, 5.74) is 3.42. The molecule has 1 aliphatic rings. The number of halogens is 2. The Morgan fingerprint density at radius 3 is 2.79 bits per heavy atom. The fourth-order valence-electron chi connectivity index (χ4n) is 4.01. The third-order valence-electron chi connectivity index (χ3n) is 5.58. The van der Waals surface area contributed by atoms with Gasteiger partial charge in [-0.25, -0.2) is 13.8 Å². The second kappa shape index (κ2) is 8.78. The molecule has 0 spiro atoms. The molecular weight excluding hydrogens is 446 g/mol. The van der Waals surface area contributed by atoms with Gasteiger partial charge < -0.3 is 9.47 Å². The lowest BCUT2D eigenvalue weighted by atomic mass is 9.88. The maximum Gasteiger partial charge on any atom is 0.186 e. The van der Waals surface area contributed by atoms with E-state index in [0.29, 0.717) is 34.7 Å². The first kappa shape index (κ1) is 21.3. The summed E-state index contributed by atoms with van der Waals surface area (Å²) < 4.78 is 38.9. The van der Waals surface area contributed by atoms with Gasteiger partial charge in [0.15, 0.2) is 16.7 Å². The van der Waals surface area contributed by atoms with E-state index in [1.807, 2.05) is 18.2 Å². The maximum absolute atomic E-state index is 13.6. The summed E-state index contributed by atoms with van der Waals surface area (Å²) in [7, 11) is 0. The predicted molar refractivity (Wildman–Crippen MR) is 121 cm³/mol. The summed E-state index contributed by atoms with van der Waals surface area (Å²) in [6.07, 6.45) is 1.89. The van der Waals surface area contributed by atoms with Crippen molar-refractivity contribution in [3.8, 4) is 11.5 Å². The number of hydrogen-bond acceptors (Lipinski definition) is 5. The lowest BCUT2D eigenvalue weighted by molar-refractivity contribution is -0.111. The second-order valence-electron chi connectivity index (χ2n) is 7.73. The Morgan fingerprint density at radius 1 is 1.09 bits per heavy atom. The molecular formula is C25H18F2N2O3S. The van der Waals surface area contributed by atoms with E-state index in [1.165, 1.54) is 0 Å². The van der Waals surface area contributed by atoms with Gasteiger partial charge in [-0.2, -0.15) is 0 Å². The van der Waals surface area contributed by atoms with E-state index < -0.39 is 11.6 Å². The van der Waals surface area contributed by atoms with Gasteiger partial charge in [-0.05, 0) is 42.0 Å². The van der Waals surface area contributed by atoms with Gasteiger partial charge in [-0.3, -0.25) is 9.78 Å². The standard InChI is InChI=1S/C25H18F2N2O3S/c26-20-8-14-3-4-15(29-22(14)11-21(20)27)12-31-16-5-6-24-19(9-16)18(10-25(30)33)17-2-1-7-28-23(17)13-32-24/h1-9,11,18H,10,12-13H2,(H,30,33). The Bertz CT molecular complexity index is 1380. The van der Waals surface area contributed by atoms with Crippen molar-refractivity contribution in [2.24, 2.45) is 0 Å². The third-order valence-corrected chi connectivity index (χ3v) is 5.76. The van der Waals surface area contributed by atoms with Crippen LogP contribution in [0.2, 0.25) is 0 Å². The topological polar surface area (TPSA) is 61.3 Å². The van der Waals surface area contributed by atoms with Gasteiger partial charge in [0.05, 0.1) is 16.9 Å². The van der Waals surface area contributed by atoms with Crippen LogP contribution in [0.4, 0.5) is 8.78 Å². The zero-order valence-electron chi connectivity index (χ0n) is 17.3. The van der Waals surface area contributed by atoms with E-state index >= 15 is 0 Å². The Hall–Kier alpha value is -3.52. The van der Waals surface area contributed by atoms with Crippen LogP contribution in [0, 0.1) is 11.6 Å². The quantitative estimate of drug-likeness (QED) is 0.403. The fourth-order valence-corrected chi connectivity index (χ4v) is 4.20. The Kier molecular flexibility index (Phi) is 5.68. The number of ether oxygens (including phenoxy) is 2. The highest BCUT2D eigenvalue weighted by atomic mass is 32.1. The molecule has 2 aromatic heterocycles. The van der Waals surface area contributed by atoms with Crippen molar-refractivity contribution in [2.45, 2.75) is 25.6 Å². The molecule has 0 saturated heterocycles. The van der Waals surface area contributed by atoms with E-state index in [2.05, 4.69) is 22.6 Å². The molecule has 8 heteroatoms. The molecule has 1 aliphatic heterocycles. The van der Waals surface area contributed by atoms with Crippen LogP contribution in [0.5, 0.6) is 11.5 Å². The van der Waals surface area contributed by atoms with Gasteiger partial charge >= 0.3 is 0 Å². The molecule has 5 rings (SSSR count). The van der Waals surface area contributed by atoms with Crippen molar-refractivity contribution in [1.82, 2.24) is 9.97 Å². The molecule has 0 N–H and O–H groups in total. The molecule has 4 aromatic rings. The highest BCUT2D eigenvalue weighted by molar-refractivity contribution is 7.96. The van der Waals surface area contributed by atoms with Crippen molar-refractivity contribution in [2.75, 3.05) is 0 Å². The summed E-state index contributed by atoms with van der Waals surface area (Å²) >= 11 is 3.99. The van der Waals surface area contributed by atoms with Crippen molar-refractivity contribution < 1.29 is 23.0 Å². The molecule has 0 fully saturated rings. The van der Waals surface area contributed by atoms with Gasteiger partial charge in [0.2, 0.25) is 0 Å². The third kappa shape index (κ3) is 4.39. The lowest BCUT2D eigenvalue weighted by Gasteiger charge is -2.18. The van der Waals surface area contributed by atoms with Gasteiger partial charge in [-0.1, -0.05) is 12.1 Å². The van der Waals surface area contributed by atoms with Crippen molar-refractivity contribution in [1.29, 1.82) is 0 Å². The van der Waals surface area contributed by atoms with Gasteiger partial charge in [0.1, 0.15) is 24.7 Å². The summed E-state index contributed by atoms with van der Waals surface area (Å²) in [5.74, 6) is -0.906. The molecule has 0 amide bonds. The number of thiol groups is 1. The van der Waals surface area contributed by atoms with E-state index in [4.69, 9.17) is 9.47 Å². The van der Waals surface area contributed by atoms with Crippen molar-refractivity contribution >= 4 is 28.6 Å². The number of hydrogen-bond donors (Lipinski definition) is 1. The van der Waals surface area contributed by atoms with Gasteiger partial charge in [0.25, 0.3) is 0 Å². The van der Waals surface area contributed by atoms with Crippen molar-refractivity contribution in [3.63, 3.8) is 0 Å². The molecule has 166 valence electrons. The van der Waals surface area contributed by atoms with Crippen molar-refractivity contribution in [3.05, 3.63) is 94.9 Å². The van der Waals surface area contributed by atoms with Gasteiger partial charge in [-0.15, -0.1) is 12.6 Å². The van der Waals surface area contributed by atoms with Crippen LogP contribution in [0.1, 0.15) is 34.9 Å². The second-order valence-corrected chi connectivity index (χ2v) is 8.23. The number of rotatable bonds is 5. The highest BCUT2D eigenvalue weighted by Gasteiger charge is 2.27. The first-order chi connectivity index (χ1) is 16.0. The van der Waals surface area contributed by atoms with Crippen LogP contribution >= 0.6 is 12.6 Å². The zero-order chi connectivity index (χ0) is 22.9. The number of nitrogens with zero attached hydrogens (tertiary/aromatic N) is 2. The van der Waals surface area contributed by atoms with E-state index in [0.717, 1.165) is 29.0 Å².